The average Bonchev–Trinajstić information content (AvgIpc) is 2.53. The molecule has 0 aliphatic carbocycles. The zero-order valence-corrected chi connectivity index (χ0v) is 15.7. The van der Waals surface area contributed by atoms with E-state index in [1.54, 1.807) is 11.1 Å². The number of pyridine rings is 1. The Kier molecular flexibility index (Phi) is 5.16. The number of ether oxygens (including phenoxy) is 1. The maximum absolute atomic E-state index is 12.2. The van der Waals surface area contributed by atoms with Crippen molar-refractivity contribution < 1.29 is 9.53 Å². The second-order valence-corrected chi connectivity index (χ2v) is 7.82. The highest BCUT2D eigenvalue weighted by Gasteiger charge is 2.26. The monoisotopic (exact) mass is 361 g/mol. The van der Waals surface area contributed by atoms with Crippen LogP contribution in [0.5, 0.6) is 0 Å². The fraction of sp³-hybridized carbons (Fsp3) is 0.474. The number of fused-ring (bicyclic) bond motifs is 1. The number of carbonyl (C=O) groups excluding carboxylic acids is 1. The predicted molar refractivity (Wildman–Crippen MR) is 99.8 cm³/mol. The maximum atomic E-state index is 12.2. The van der Waals surface area contributed by atoms with Crippen LogP contribution in [0.1, 0.15) is 26.3 Å². The molecule has 0 unspecified atom stereocenters. The fourth-order valence-electron chi connectivity index (χ4n) is 3.00. The van der Waals surface area contributed by atoms with Crippen molar-refractivity contribution in [2.24, 2.45) is 0 Å². The summed E-state index contributed by atoms with van der Waals surface area (Å²) >= 11 is 6.25. The van der Waals surface area contributed by atoms with E-state index in [4.69, 9.17) is 16.3 Å². The molecule has 1 aliphatic rings. The first-order chi connectivity index (χ1) is 11.8. The summed E-state index contributed by atoms with van der Waals surface area (Å²) in [6, 6.07) is 7.87. The Morgan fingerprint density at radius 2 is 1.96 bits per heavy atom. The van der Waals surface area contributed by atoms with Gasteiger partial charge in [0.2, 0.25) is 0 Å². The number of rotatable bonds is 2. The summed E-state index contributed by atoms with van der Waals surface area (Å²) < 4.78 is 5.45. The Morgan fingerprint density at radius 1 is 1.24 bits per heavy atom. The Morgan fingerprint density at radius 3 is 2.64 bits per heavy atom. The molecule has 1 aromatic heterocycles. The minimum atomic E-state index is -0.459. The molecule has 5 nitrogen and oxygen atoms in total. The Balaban J connectivity index is 1.64. The van der Waals surface area contributed by atoms with Crippen LogP contribution < -0.4 is 0 Å². The van der Waals surface area contributed by atoms with Crippen LogP contribution in [0.2, 0.25) is 5.02 Å². The molecule has 2 heterocycles. The first-order valence-electron chi connectivity index (χ1n) is 8.55. The number of halogens is 1. The molecule has 1 fully saturated rings. The van der Waals surface area contributed by atoms with Gasteiger partial charge in [-0.1, -0.05) is 17.7 Å². The third-order valence-electron chi connectivity index (χ3n) is 4.17. The maximum Gasteiger partial charge on any atom is 0.410 e. The van der Waals surface area contributed by atoms with E-state index in [9.17, 15) is 4.79 Å². The lowest BCUT2D eigenvalue weighted by molar-refractivity contribution is 0.0139. The minimum Gasteiger partial charge on any atom is -0.444 e. The molecule has 0 saturated carbocycles. The zero-order chi connectivity index (χ0) is 18.0. The summed E-state index contributed by atoms with van der Waals surface area (Å²) in [6.07, 6.45) is 1.57. The summed E-state index contributed by atoms with van der Waals surface area (Å²) in [4.78, 5) is 20.8. The number of aromatic nitrogens is 1. The van der Waals surface area contributed by atoms with E-state index in [1.807, 2.05) is 45.0 Å². The third kappa shape index (κ3) is 4.61. The first-order valence-corrected chi connectivity index (χ1v) is 8.93. The predicted octanol–water partition coefficient (Wildman–Crippen LogP) is 3.94. The van der Waals surface area contributed by atoms with Gasteiger partial charge in [0.05, 0.1) is 5.52 Å². The highest BCUT2D eigenvalue weighted by molar-refractivity contribution is 6.31. The standard InChI is InChI=1S/C19H24ClN3O2/c1-19(2,3)25-18(24)23-9-7-22(8-10-23)13-15-12-16(20)11-14-5-4-6-21-17(14)15/h4-6,11-12H,7-10,13H2,1-3H3. The zero-order valence-electron chi connectivity index (χ0n) is 15.0. The van der Waals surface area contributed by atoms with E-state index >= 15 is 0 Å². The Hall–Kier alpha value is -1.85. The van der Waals surface area contributed by atoms with Gasteiger partial charge in [0.1, 0.15) is 5.60 Å². The van der Waals surface area contributed by atoms with Crippen molar-refractivity contribution in [2.75, 3.05) is 26.2 Å². The SMILES string of the molecule is CC(C)(C)OC(=O)N1CCN(Cc2cc(Cl)cc3cccnc23)CC1. The lowest BCUT2D eigenvalue weighted by Gasteiger charge is -2.35. The molecule has 0 atom stereocenters. The van der Waals surface area contributed by atoms with Gasteiger partial charge >= 0.3 is 6.09 Å². The molecule has 25 heavy (non-hydrogen) atoms. The van der Waals surface area contributed by atoms with Gasteiger partial charge in [-0.15, -0.1) is 0 Å². The Bertz CT molecular complexity index is 765. The quantitative estimate of drug-likeness (QED) is 0.812. The molecule has 0 radical (unpaired) electrons. The van der Waals surface area contributed by atoms with E-state index in [-0.39, 0.29) is 6.09 Å². The van der Waals surface area contributed by atoms with E-state index in [0.717, 1.165) is 41.1 Å². The molecular formula is C19H24ClN3O2. The van der Waals surface area contributed by atoms with E-state index < -0.39 is 5.60 Å². The van der Waals surface area contributed by atoms with E-state index in [2.05, 4.69) is 9.88 Å². The molecule has 3 rings (SSSR count). The molecular weight excluding hydrogens is 338 g/mol. The van der Waals surface area contributed by atoms with Crippen molar-refractivity contribution in [3.05, 3.63) is 41.0 Å². The van der Waals surface area contributed by atoms with Crippen molar-refractivity contribution in [1.82, 2.24) is 14.8 Å². The first kappa shape index (κ1) is 18.0. The molecule has 1 aromatic carbocycles. The molecule has 0 bridgehead atoms. The number of hydrogen-bond acceptors (Lipinski definition) is 4. The highest BCUT2D eigenvalue weighted by atomic mass is 35.5. The third-order valence-corrected chi connectivity index (χ3v) is 4.38. The largest absolute Gasteiger partial charge is 0.444 e. The van der Waals surface area contributed by atoms with Gasteiger partial charge in [0.25, 0.3) is 0 Å². The van der Waals surface area contributed by atoms with Crippen LogP contribution in [0.4, 0.5) is 4.79 Å². The van der Waals surface area contributed by atoms with Gasteiger partial charge in [-0.25, -0.2) is 4.79 Å². The normalized spacial score (nSPS) is 16.2. The van der Waals surface area contributed by atoms with Crippen molar-refractivity contribution in [3.8, 4) is 0 Å². The number of amides is 1. The van der Waals surface area contributed by atoms with Crippen LogP contribution in [0, 0.1) is 0 Å². The van der Waals surface area contributed by atoms with Crippen molar-refractivity contribution >= 4 is 28.6 Å². The molecule has 134 valence electrons. The molecule has 0 N–H and O–H groups in total. The molecule has 1 aliphatic heterocycles. The van der Waals surface area contributed by atoms with Crippen LogP contribution in [-0.4, -0.2) is 52.7 Å². The molecule has 1 amide bonds. The van der Waals surface area contributed by atoms with Gasteiger partial charge in [-0.3, -0.25) is 9.88 Å². The number of benzene rings is 1. The number of nitrogens with zero attached hydrogens (tertiary/aromatic N) is 3. The van der Waals surface area contributed by atoms with Gasteiger partial charge in [0, 0.05) is 49.3 Å². The van der Waals surface area contributed by atoms with Crippen LogP contribution in [-0.2, 0) is 11.3 Å². The number of piperazine rings is 1. The van der Waals surface area contributed by atoms with Gasteiger partial charge in [-0.05, 0) is 44.5 Å². The van der Waals surface area contributed by atoms with Crippen LogP contribution >= 0.6 is 11.6 Å². The highest BCUT2D eigenvalue weighted by Crippen LogP contribution is 2.24. The van der Waals surface area contributed by atoms with Gasteiger partial charge in [0.15, 0.2) is 0 Å². The molecule has 0 spiro atoms. The summed E-state index contributed by atoms with van der Waals surface area (Å²) in [5.74, 6) is 0. The van der Waals surface area contributed by atoms with E-state index in [1.165, 1.54) is 0 Å². The fourth-order valence-corrected chi connectivity index (χ4v) is 3.25. The summed E-state index contributed by atoms with van der Waals surface area (Å²) in [5.41, 5.74) is 1.65. The molecule has 1 saturated heterocycles. The van der Waals surface area contributed by atoms with Gasteiger partial charge in [-0.2, -0.15) is 0 Å². The Labute approximate surface area is 153 Å². The van der Waals surface area contributed by atoms with Crippen molar-refractivity contribution in [1.29, 1.82) is 0 Å². The average molecular weight is 362 g/mol. The van der Waals surface area contributed by atoms with Crippen LogP contribution in [0.3, 0.4) is 0 Å². The second kappa shape index (κ2) is 7.18. The smallest absolute Gasteiger partial charge is 0.410 e. The van der Waals surface area contributed by atoms with Crippen molar-refractivity contribution in [2.45, 2.75) is 32.9 Å². The summed E-state index contributed by atoms with van der Waals surface area (Å²) in [5, 5.41) is 1.78. The van der Waals surface area contributed by atoms with Gasteiger partial charge < -0.3 is 9.64 Å². The summed E-state index contributed by atoms with van der Waals surface area (Å²) in [7, 11) is 0. The van der Waals surface area contributed by atoms with Crippen LogP contribution in [0.15, 0.2) is 30.5 Å². The van der Waals surface area contributed by atoms with Crippen molar-refractivity contribution in [3.63, 3.8) is 0 Å². The van der Waals surface area contributed by atoms with Crippen LogP contribution in [0.25, 0.3) is 10.9 Å². The number of carbonyl (C=O) groups is 1. The summed E-state index contributed by atoms with van der Waals surface area (Å²) in [6.45, 7) is 9.38. The lowest BCUT2D eigenvalue weighted by Crippen LogP contribution is -2.49. The van der Waals surface area contributed by atoms with E-state index in [0.29, 0.717) is 13.1 Å². The number of hydrogen-bond donors (Lipinski definition) is 0. The topological polar surface area (TPSA) is 45.7 Å². The minimum absolute atomic E-state index is 0.234. The second-order valence-electron chi connectivity index (χ2n) is 7.38. The molecule has 6 heteroatoms. The molecule has 2 aromatic rings. The lowest BCUT2D eigenvalue weighted by atomic mass is 10.1.